The lowest BCUT2D eigenvalue weighted by Gasteiger charge is -2.05. The Labute approximate surface area is 141 Å². The van der Waals surface area contributed by atoms with Gasteiger partial charge >= 0.3 is 0 Å². The van der Waals surface area contributed by atoms with Gasteiger partial charge in [-0.25, -0.2) is 0 Å². The summed E-state index contributed by atoms with van der Waals surface area (Å²) in [6.45, 7) is 1.53. The number of rotatable bonds is 5. The molecule has 0 N–H and O–H groups in total. The molecule has 3 aromatic carbocycles. The van der Waals surface area contributed by atoms with Crippen molar-refractivity contribution in [2.75, 3.05) is 0 Å². The van der Waals surface area contributed by atoms with Crippen LogP contribution in [0, 0.1) is 0 Å². The molecule has 0 aromatic heterocycles. The molecule has 0 amide bonds. The predicted molar refractivity (Wildman–Crippen MR) is 96.4 cm³/mol. The van der Waals surface area contributed by atoms with Crippen molar-refractivity contribution in [1.29, 1.82) is 0 Å². The molecule has 0 saturated carbocycles. The normalized spacial score (nSPS) is 10.4. The van der Waals surface area contributed by atoms with E-state index < -0.39 is 0 Å². The van der Waals surface area contributed by atoms with E-state index in [0.29, 0.717) is 17.5 Å². The van der Waals surface area contributed by atoms with Crippen LogP contribution in [0.5, 0.6) is 0 Å². The van der Waals surface area contributed by atoms with Gasteiger partial charge in [0.15, 0.2) is 11.6 Å². The molecule has 24 heavy (non-hydrogen) atoms. The van der Waals surface area contributed by atoms with Crippen LogP contribution < -0.4 is 0 Å². The Morgan fingerprint density at radius 1 is 0.708 bits per heavy atom. The molecule has 0 heterocycles. The third kappa shape index (κ3) is 3.66. The van der Waals surface area contributed by atoms with Crippen molar-refractivity contribution in [1.82, 2.24) is 0 Å². The van der Waals surface area contributed by atoms with Gasteiger partial charge in [-0.3, -0.25) is 9.59 Å². The third-order valence-electron chi connectivity index (χ3n) is 4.01. The van der Waals surface area contributed by atoms with Gasteiger partial charge in [-0.1, -0.05) is 72.8 Å². The van der Waals surface area contributed by atoms with E-state index in [1.165, 1.54) is 6.92 Å². The molecule has 0 spiro atoms. The maximum atomic E-state index is 12.5. The molecule has 2 nitrogen and oxygen atoms in total. The molecule has 0 saturated heterocycles. The summed E-state index contributed by atoms with van der Waals surface area (Å²) in [6.07, 6.45) is 0.297. The van der Waals surface area contributed by atoms with Crippen LogP contribution in [-0.2, 0) is 6.42 Å². The molecule has 2 heteroatoms. The number of carbonyl (C=O) groups is 2. The second-order valence-corrected chi connectivity index (χ2v) is 5.80. The lowest BCUT2D eigenvalue weighted by atomic mass is 9.98. The smallest absolute Gasteiger partial charge is 0.167 e. The molecule has 0 radical (unpaired) electrons. The first-order valence-corrected chi connectivity index (χ1v) is 7.92. The number of carbonyl (C=O) groups excluding carboxylic acids is 2. The fourth-order valence-electron chi connectivity index (χ4n) is 2.67. The van der Waals surface area contributed by atoms with Crippen molar-refractivity contribution in [3.63, 3.8) is 0 Å². The molecular formula is C22H18O2. The minimum atomic E-state index is 0.0107. The van der Waals surface area contributed by atoms with Crippen LogP contribution in [0.25, 0.3) is 11.1 Å². The number of benzene rings is 3. The van der Waals surface area contributed by atoms with Gasteiger partial charge in [-0.15, -0.1) is 0 Å². The van der Waals surface area contributed by atoms with Crippen molar-refractivity contribution >= 4 is 11.6 Å². The molecule has 0 bridgehead atoms. The zero-order valence-electron chi connectivity index (χ0n) is 13.5. The molecular weight excluding hydrogens is 296 g/mol. The van der Waals surface area contributed by atoms with Crippen LogP contribution in [0.4, 0.5) is 0 Å². The van der Waals surface area contributed by atoms with Gasteiger partial charge in [0.25, 0.3) is 0 Å². The van der Waals surface area contributed by atoms with Crippen molar-refractivity contribution in [3.8, 4) is 11.1 Å². The fraction of sp³-hybridized carbons (Fsp3) is 0.0909. The third-order valence-corrected chi connectivity index (χ3v) is 4.01. The summed E-state index contributed by atoms with van der Waals surface area (Å²) in [4.78, 5) is 23.9. The van der Waals surface area contributed by atoms with E-state index >= 15 is 0 Å². The minimum Gasteiger partial charge on any atom is -0.295 e. The molecule has 0 unspecified atom stereocenters. The maximum Gasteiger partial charge on any atom is 0.167 e. The van der Waals surface area contributed by atoms with Crippen LogP contribution in [0.2, 0.25) is 0 Å². The van der Waals surface area contributed by atoms with Gasteiger partial charge in [0.1, 0.15) is 0 Å². The average Bonchev–Trinajstić information content (AvgIpc) is 2.63. The zero-order valence-corrected chi connectivity index (χ0v) is 13.5. The van der Waals surface area contributed by atoms with Gasteiger partial charge < -0.3 is 0 Å². The van der Waals surface area contributed by atoms with Crippen LogP contribution >= 0.6 is 0 Å². The summed E-state index contributed by atoms with van der Waals surface area (Å²) in [5.41, 5.74) is 4.40. The van der Waals surface area contributed by atoms with E-state index in [1.807, 2.05) is 66.7 Å². The average molecular weight is 314 g/mol. The lowest BCUT2D eigenvalue weighted by Crippen LogP contribution is -2.04. The Morgan fingerprint density at radius 2 is 1.38 bits per heavy atom. The monoisotopic (exact) mass is 314 g/mol. The van der Waals surface area contributed by atoms with Gasteiger partial charge in [0.05, 0.1) is 0 Å². The molecule has 0 aliphatic rings. The molecule has 0 atom stereocenters. The van der Waals surface area contributed by atoms with Gasteiger partial charge in [0.2, 0.25) is 0 Å². The van der Waals surface area contributed by atoms with Crippen LogP contribution in [0.3, 0.4) is 0 Å². The highest BCUT2D eigenvalue weighted by molar-refractivity contribution is 5.98. The topological polar surface area (TPSA) is 34.1 Å². The summed E-state index contributed by atoms with van der Waals surface area (Å²) < 4.78 is 0. The SMILES string of the molecule is CC(=O)c1cccc(CC(=O)c2ccc(-c3ccccc3)cc2)c1. The summed E-state index contributed by atoms with van der Waals surface area (Å²) in [5, 5.41) is 0. The first-order chi connectivity index (χ1) is 11.6. The predicted octanol–water partition coefficient (Wildman–Crippen LogP) is 4.98. The highest BCUT2D eigenvalue weighted by atomic mass is 16.1. The highest BCUT2D eigenvalue weighted by Gasteiger charge is 2.09. The zero-order chi connectivity index (χ0) is 16.9. The van der Waals surface area contributed by atoms with Crippen LogP contribution in [-0.4, -0.2) is 11.6 Å². The van der Waals surface area contributed by atoms with E-state index in [2.05, 4.69) is 0 Å². The number of hydrogen-bond acceptors (Lipinski definition) is 2. The Morgan fingerprint density at radius 3 is 2.04 bits per heavy atom. The van der Waals surface area contributed by atoms with E-state index in [4.69, 9.17) is 0 Å². The molecule has 3 aromatic rings. The molecule has 3 rings (SSSR count). The van der Waals surface area contributed by atoms with Crippen molar-refractivity contribution in [2.24, 2.45) is 0 Å². The number of hydrogen-bond donors (Lipinski definition) is 0. The van der Waals surface area contributed by atoms with Gasteiger partial charge in [-0.05, 0) is 29.7 Å². The van der Waals surface area contributed by atoms with E-state index in [1.54, 1.807) is 12.1 Å². The summed E-state index contributed by atoms with van der Waals surface area (Å²) in [5.74, 6) is 0.0619. The minimum absolute atomic E-state index is 0.0107. The van der Waals surface area contributed by atoms with E-state index in [9.17, 15) is 9.59 Å². The number of ketones is 2. The standard InChI is InChI=1S/C22H18O2/c1-16(23)21-9-5-6-17(14-21)15-22(24)20-12-10-19(11-13-20)18-7-3-2-4-8-18/h2-14H,15H2,1H3. The van der Waals surface area contributed by atoms with E-state index in [-0.39, 0.29) is 11.6 Å². The Hall–Kier alpha value is -3.00. The molecule has 0 aliphatic heterocycles. The fourth-order valence-corrected chi connectivity index (χ4v) is 2.67. The second kappa shape index (κ2) is 7.05. The van der Waals surface area contributed by atoms with Crippen LogP contribution in [0.15, 0.2) is 78.9 Å². The van der Waals surface area contributed by atoms with E-state index in [0.717, 1.165) is 16.7 Å². The van der Waals surface area contributed by atoms with Crippen molar-refractivity contribution in [2.45, 2.75) is 13.3 Å². The van der Waals surface area contributed by atoms with Gasteiger partial charge in [-0.2, -0.15) is 0 Å². The maximum absolute atomic E-state index is 12.5. The first-order valence-electron chi connectivity index (χ1n) is 7.92. The largest absolute Gasteiger partial charge is 0.295 e. The second-order valence-electron chi connectivity index (χ2n) is 5.80. The molecule has 0 aliphatic carbocycles. The van der Waals surface area contributed by atoms with Crippen molar-refractivity contribution < 1.29 is 9.59 Å². The molecule has 0 fully saturated rings. The quantitative estimate of drug-likeness (QED) is 0.622. The molecule has 118 valence electrons. The highest BCUT2D eigenvalue weighted by Crippen LogP contribution is 2.20. The summed E-state index contributed by atoms with van der Waals surface area (Å²) >= 11 is 0. The lowest BCUT2D eigenvalue weighted by molar-refractivity contribution is 0.0987. The Kier molecular flexibility index (Phi) is 4.66. The van der Waals surface area contributed by atoms with Crippen LogP contribution in [0.1, 0.15) is 33.2 Å². The Bertz CT molecular complexity index is 862. The van der Waals surface area contributed by atoms with Gasteiger partial charge in [0, 0.05) is 17.5 Å². The summed E-state index contributed by atoms with van der Waals surface area (Å²) in [6, 6.07) is 25.0. The Balaban J connectivity index is 1.76. The first kappa shape index (κ1) is 15.9. The number of Topliss-reactive ketones (excluding diaryl/α,β-unsaturated/α-hetero) is 2. The summed E-state index contributed by atoms with van der Waals surface area (Å²) in [7, 11) is 0. The van der Waals surface area contributed by atoms with Crippen molar-refractivity contribution in [3.05, 3.63) is 95.6 Å².